The van der Waals surface area contributed by atoms with Crippen LogP contribution in [0.25, 0.3) is 22.0 Å². The molecule has 1 aromatic heterocycles. The number of para-hydroxylation sites is 2. The highest BCUT2D eigenvalue weighted by Gasteiger charge is 2.39. The molecule has 0 N–H and O–H groups in total. The average Bonchev–Trinajstić information content (AvgIpc) is 3.65. The number of carbonyl (C=O) groups excluding carboxylic acids is 2. The summed E-state index contributed by atoms with van der Waals surface area (Å²) in [7, 11) is 0. The maximum atomic E-state index is 12.3. The topological polar surface area (TPSA) is 101 Å². The predicted octanol–water partition coefficient (Wildman–Crippen LogP) is 2.99. The van der Waals surface area contributed by atoms with Crippen LogP contribution < -0.4 is 21.0 Å². The van der Waals surface area contributed by atoms with Gasteiger partial charge in [0.2, 0.25) is 0 Å². The van der Waals surface area contributed by atoms with E-state index < -0.39 is 11.0 Å². The van der Waals surface area contributed by atoms with Crippen molar-refractivity contribution in [2.24, 2.45) is 0 Å². The fraction of sp³-hybridized carbons (Fsp3) is 0.0769. The number of amides is 2. The summed E-state index contributed by atoms with van der Waals surface area (Å²) >= 11 is 1.53. The summed E-state index contributed by atoms with van der Waals surface area (Å²) in [4.78, 5) is 55.5. The van der Waals surface area contributed by atoms with Crippen molar-refractivity contribution in [1.29, 1.82) is 0 Å². The normalized spacial score (nSPS) is 14.3. The van der Waals surface area contributed by atoms with Crippen LogP contribution >= 0.6 is 11.3 Å². The lowest BCUT2D eigenvalue weighted by molar-refractivity contribution is -0.122. The Balaban J connectivity index is 0.000000136. The van der Waals surface area contributed by atoms with Gasteiger partial charge in [-0.1, -0.05) is 42.5 Å². The van der Waals surface area contributed by atoms with Crippen molar-refractivity contribution in [3.8, 4) is 22.0 Å². The quantitative estimate of drug-likeness (QED) is 0.360. The monoisotopic (exact) mass is 480 g/mol. The average molecular weight is 481 g/mol. The molecule has 4 aliphatic rings. The second-order valence-corrected chi connectivity index (χ2v) is 9.07. The van der Waals surface area contributed by atoms with E-state index in [-0.39, 0.29) is 17.5 Å². The van der Waals surface area contributed by atoms with E-state index in [9.17, 15) is 19.2 Å². The van der Waals surface area contributed by atoms with Gasteiger partial charge in [-0.2, -0.15) is 0 Å². The molecule has 0 bridgehead atoms. The molecule has 0 radical (unpaired) electrons. The molecule has 0 unspecified atom stereocenters. The van der Waals surface area contributed by atoms with Gasteiger partial charge in [0, 0.05) is 0 Å². The molecular weight excluding hydrogens is 464 g/mol. The zero-order valence-electron chi connectivity index (χ0n) is 18.2. The van der Waals surface area contributed by atoms with Crippen LogP contribution in [0.15, 0.2) is 81.7 Å². The van der Waals surface area contributed by atoms with Gasteiger partial charge in [0.15, 0.2) is 0 Å². The van der Waals surface area contributed by atoms with E-state index in [4.69, 9.17) is 0 Å². The lowest BCUT2D eigenvalue weighted by Gasteiger charge is -2.28. The molecule has 35 heavy (non-hydrogen) atoms. The minimum atomic E-state index is -0.717. The molecule has 5 heterocycles. The number of rotatable bonds is 2. The van der Waals surface area contributed by atoms with E-state index in [1.165, 1.54) is 21.4 Å². The van der Waals surface area contributed by atoms with Gasteiger partial charge in [-0.05, 0) is 40.8 Å². The standard InChI is InChI=1S/C16H12N2O2.C10H4N2O2S/c19-15-9-11-5-1-3-7-13(11)17(15)18-14-8-4-2-6-12(14)10-16(18)20;13-9-8-6(12-10(9)14)4-5(11-8)7-2-1-3-15-7/h1-8H,9-10H2;1-4H. The van der Waals surface area contributed by atoms with Crippen LogP contribution in [-0.2, 0) is 22.4 Å². The van der Waals surface area contributed by atoms with Crippen LogP contribution in [0.1, 0.15) is 11.1 Å². The molecule has 0 fully saturated rings. The van der Waals surface area contributed by atoms with Crippen LogP contribution in [0.3, 0.4) is 0 Å². The minimum Gasteiger partial charge on any atom is -0.281 e. The molecule has 170 valence electrons. The van der Waals surface area contributed by atoms with Crippen molar-refractivity contribution in [3.63, 3.8) is 0 Å². The van der Waals surface area contributed by atoms with Crippen LogP contribution in [0, 0.1) is 0 Å². The molecule has 2 amide bonds. The summed E-state index contributed by atoms with van der Waals surface area (Å²) in [5.41, 5.74) is 3.52. The molecule has 0 atom stereocenters. The number of hydrogen-bond acceptors (Lipinski definition) is 7. The van der Waals surface area contributed by atoms with Gasteiger partial charge in [-0.15, -0.1) is 11.3 Å². The molecule has 2 aromatic carbocycles. The number of fused-ring (bicyclic) bond motifs is 3. The predicted molar refractivity (Wildman–Crippen MR) is 132 cm³/mol. The molecule has 0 spiro atoms. The molecule has 3 aromatic rings. The number of aromatic nitrogens is 2. The zero-order chi connectivity index (χ0) is 24.1. The van der Waals surface area contributed by atoms with Gasteiger partial charge in [0.25, 0.3) is 17.2 Å². The number of hydrazine groups is 1. The summed E-state index contributed by atoms with van der Waals surface area (Å²) < 4.78 is 0. The fourth-order valence-corrected chi connectivity index (χ4v) is 5.08. The van der Waals surface area contributed by atoms with Crippen molar-refractivity contribution in [2.75, 3.05) is 10.0 Å². The molecule has 0 saturated carbocycles. The van der Waals surface area contributed by atoms with Crippen molar-refractivity contribution >= 4 is 34.5 Å². The molecule has 9 heteroatoms. The maximum Gasteiger partial charge on any atom is 0.320 e. The zero-order valence-corrected chi connectivity index (χ0v) is 19.0. The first-order valence-electron chi connectivity index (χ1n) is 10.8. The highest BCUT2D eigenvalue weighted by Crippen LogP contribution is 2.37. The summed E-state index contributed by atoms with van der Waals surface area (Å²) in [6.07, 6.45) is 0.699. The van der Waals surface area contributed by atoms with Crippen LogP contribution in [-0.4, -0.2) is 21.8 Å². The third kappa shape index (κ3) is 3.44. The Kier molecular flexibility index (Phi) is 4.85. The largest absolute Gasteiger partial charge is 0.320 e. The van der Waals surface area contributed by atoms with Crippen molar-refractivity contribution in [3.05, 3.63) is 104 Å². The van der Waals surface area contributed by atoms with Crippen LogP contribution in [0.2, 0.25) is 0 Å². The summed E-state index contributed by atoms with van der Waals surface area (Å²) in [6.45, 7) is 0. The smallest absolute Gasteiger partial charge is 0.281 e. The van der Waals surface area contributed by atoms with Crippen LogP contribution in [0.5, 0.6) is 0 Å². The van der Waals surface area contributed by atoms with Gasteiger partial charge in [0.05, 0.1) is 40.5 Å². The molecule has 7 rings (SSSR count). The lowest BCUT2D eigenvalue weighted by Crippen LogP contribution is -2.47. The van der Waals surface area contributed by atoms with Gasteiger partial charge < -0.3 is 0 Å². The van der Waals surface area contributed by atoms with E-state index in [0.717, 1.165) is 27.4 Å². The summed E-state index contributed by atoms with van der Waals surface area (Å²) in [5, 5.41) is 4.96. The van der Waals surface area contributed by atoms with Crippen molar-refractivity contribution < 1.29 is 9.59 Å². The van der Waals surface area contributed by atoms with Crippen molar-refractivity contribution in [2.45, 2.75) is 12.8 Å². The first kappa shape index (κ1) is 21.1. The van der Waals surface area contributed by atoms with E-state index in [2.05, 4.69) is 9.97 Å². The molecule has 4 aliphatic heterocycles. The molecule has 8 nitrogen and oxygen atoms in total. The number of thiophene rings is 1. The van der Waals surface area contributed by atoms with E-state index >= 15 is 0 Å². The fourth-order valence-electron chi connectivity index (χ4n) is 4.39. The molecule has 0 aliphatic carbocycles. The molecule has 0 saturated heterocycles. The Hall–Kier alpha value is -4.50. The Morgan fingerprint density at radius 1 is 0.686 bits per heavy atom. The Morgan fingerprint density at radius 3 is 1.83 bits per heavy atom. The van der Waals surface area contributed by atoms with Crippen LogP contribution in [0.4, 0.5) is 11.4 Å². The number of carbonyl (C=O) groups is 2. The Bertz CT molecular complexity index is 1590. The van der Waals surface area contributed by atoms with Gasteiger partial charge >= 0.3 is 5.56 Å². The first-order valence-corrected chi connectivity index (χ1v) is 11.7. The van der Waals surface area contributed by atoms with Gasteiger partial charge in [-0.3, -0.25) is 19.2 Å². The highest BCUT2D eigenvalue weighted by molar-refractivity contribution is 7.13. The van der Waals surface area contributed by atoms with E-state index in [1.54, 1.807) is 6.07 Å². The second kappa shape index (κ2) is 8.07. The number of nitrogens with zero attached hydrogens (tertiary/aromatic N) is 4. The third-order valence-electron chi connectivity index (χ3n) is 5.95. The highest BCUT2D eigenvalue weighted by atomic mass is 32.1. The number of benzene rings is 2. The molecular formula is C26H16N4O4S. The maximum absolute atomic E-state index is 12.3. The van der Waals surface area contributed by atoms with Gasteiger partial charge in [-0.25, -0.2) is 20.0 Å². The van der Waals surface area contributed by atoms with Crippen molar-refractivity contribution in [1.82, 2.24) is 9.97 Å². The second-order valence-electron chi connectivity index (χ2n) is 8.12. The number of anilines is 2. The Labute approximate surface area is 202 Å². The van der Waals surface area contributed by atoms with E-state index in [0.29, 0.717) is 24.2 Å². The first-order chi connectivity index (χ1) is 17.0. The third-order valence-corrected chi connectivity index (χ3v) is 6.84. The van der Waals surface area contributed by atoms with Gasteiger partial charge in [0.1, 0.15) is 5.69 Å². The summed E-state index contributed by atoms with van der Waals surface area (Å²) in [6, 6.07) is 20.7. The minimum absolute atomic E-state index is 0.0590. The summed E-state index contributed by atoms with van der Waals surface area (Å²) in [5.74, 6) is -0.118. The van der Waals surface area contributed by atoms with E-state index in [1.807, 2.05) is 66.0 Å². The lowest BCUT2D eigenvalue weighted by atomic mass is 10.2. The Morgan fingerprint density at radius 2 is 1.29 bits per heavy atom. The SMILES string of the molecule is O=C1Cc2ccccc2N1N1C(=O)Cc2ccccc21.O=c1nc2cc(-c3cccs3)nc-2c1=O. The number of hydrogen-bond donors (Lipinski definition) is 0.